The Kier molecular flexibility index (Phi) is 8.30. The average molecular weight is 459 g/mol. The number of nitrogens with one attached hydrogen (secondary N) is 1. The Morgan fingerprint density at radius 2 is 2.07 bits per heavy atom. The van der Waals surface area contributed by atoms with Crippen LogP contribution < -0.4 is 5.32 Å². The Bertz CT molecular complexity index is 970. The molecule has 1 N–H and O–H groups in total. The predicted octanol–water partition coefficient (Wildman–Crippen LogP) is 4.67. The first kappa shape index (κ1) is 22.3. The van der Waals surface area contributed by atoms with Gasteiger partial charge in [0.25, 0.3) is 5.91 Å². The summed E-state index contributed by atoms with van der Waals surface area (Å²) in [6, 6.07) is 9.84. The molecule has 6 nitrogen and oxygen atoms in total. The lowest BCUT2D eigenvalue weighted by Gasteiger charge is -2.13. The number of hydrogen-bond acceptors (Lipinski definition) is 7. The van der Waals surface area contributed by atoms with Crippen LogP contribution in [0.1, 0.15) is 36.8 Å². The molecular formula is C21H22N4O2S3. The molecule has 0 spiro atoms. The molecule has 2 heterocycles. The minimum Gasteiger partial charge on any atom is -0.300 e. The van der Waals surface area contributed by atoms with Crippen LogP contribution in [-0.4, -0.2) is 37.8 Å². The number of anilines is 1. The molecule has 2 amide bonds. The SMILES string of the molecule is CCCCc1nnc(NC(=O)CCN2C(=O)/C(=C/C=C/c3ccccc3)SC2=S)s1. The van der Waals surface area contributed by atoms with Gasteiger partial charge in [-0.05, 0) is 18.1 Å². The van der Waals surface area contributed by atoms with E-state index in [1.54, 1.807) is 6.08 Å². The molecule has 1 aliphatic rings. The first-order valence-corrected chi connectivity index (χ1v) is 11.7. The third-order valence-corrected chi connectivity index (χ3v) is 6.52. The van der Waals surface area contributed by atoms with Crippen LogP contribution in [0.25, 0.3) is 6.08 Å². The average Bonchev–Trinajstić information content (AvgIpc) is 3.29. The summed E-state index contributed by atoms with van der Waals surface area (Å²) in [5, 5.41) is 12.2. The zero-order valence-electron chi connectivity index (χ0n) is 16.5. The fourth-order valence-electron chi connectivity index (χ4n) is 2.65. The van der Waals surface area contributed by atoms with Crippen molar-refractivity contribution in [2.45, 2.75) is 32.6 Å². The second kappa shape index (κ2) is 11.1. The van der Waals surface area contributed by atoms with Crippen molar-refractivity contribution in [2.24, 2.45) is 0 Å². The predicted molar refractivity (Wildman–Crippen MR) is 127 cm³/mol. The van der Waals surface area contributed by atoms with Crippen molar-refractivity contribution in [3.63, 3.8) is 0 Å². The number of thiocarbonyl (C=S) groups is 1. The Morgan fingerprint density at radius 1 is 1.27 bits per heavy atom. The van der Waals surface area contributed by atoms with Crippen LogP contribution in [0.3, 0.4) is 0 Å². The van der Waals surface area contributed by atoms with Crippen LogP contribution in [0.15, 0.2) is 47.4 Å². The molecule has 1 aromatic carbocycles. The van der Waals surface area contributed by atoms with Gasteiger partial charge >= 0.3 is 0 Å². The van der Waals surface area contributed by atoms with Crippen LogP contribution in [0.5, 0.6) is 0 Å². The van der Waals surface area contributed by atoms with Gasteiger partial charge in [0.2, 0.25) is 11.0 Å². The quantitative estimate of drug-likeness (QED) is 0.435. The van der Waals surface area contributed by atoms with E-state index in [1.165, 1.54) is 28.0 Å². The first-order chi connectivity index (χ1) is 14.6. The van der Waals surface area contributed by atoms with E-state index < -0.39 is 0 Å². The summed E-state index contributed by atoms with van der Waals surface area (Å²) in [4.78, 5) is 26.8. The Hall–Kier alpha value is -2.36. The molecule has 9 heteroatoms. The van der Waals surface area contributed by atoms with Gasteiger partial charge in [-0.2, -0.15) is 0 Å². The summed E-state index contributed by atoms with van der Waals surface area (Å²) in [5.74, 6) is -0.386. The second-order valence-corrected chi connectivity index (χ2v) is 9.27. The van der Waals surface area contributed by atoms with Crippen LogP contribution in [0.2, 0.25) is 0 Å². The summed E-state index contributed by atoms with van der Waals surface area (Å²) in [6.45, 7) is 2.35. The maximum atomic E-state index is 12.6. The third-order valence-electron chi connectivity index (χ3n) is 4.23. The fourth-order valence-corrected chi connectivity index (χ4v) is 4.70. The summed E-state index contributed by atoms with van der Waals surface area (Å²) < 4.78 is 0.463. The Morgan fingerprint density at radius 3 is 2.83 bits per heavy atom. The summed E-state index contributed by atoms with van der Waals surface area (Å²) >= 11 is 7.95. The standard InChI is InChI=1S/C21H22N4O2S3/c1-2-3-12-18-23-24-20(30-18)22-17(26)13-14-25-19(27)16(29-21(25)28)11-7-10-15-8-5-4-6-9-15/h4-11H,2-3,12-14H2,1H3,(H,22,24,26)/b10-7+,16-11-. The van der Waals surface area contributed by atoms with Gasteiger partial charge in [0.1, 0.15) is 9.33 Å². The van der Waals surface area contributed by atoms with E-state index in [0.717, 1.165) is 29.8 Å². The lowest BCUT2D eigenvalue weighted by molar-refractivity contribution is -0.122. The minimum atomic E-state index is -0.213. The highest BCUT2D eigenvalue weighted by molar-refractivity contribution is 8.26. The van der Waals surface area contributed by atoms with Crippen molar-refractivity contribution in [1.82, 2.24) is 15.1 Å². The van der Waals surface area contributed by atoms with E-state index in [4.69, 9.17) is 12.2 Å². The number of aromatic nitrogens is 2. The van der Waals surface area contributed by atoms with Crippen molar-refractivity contribution in [3.8, 4) is 0 Å². The van der Waals surface area contributed by atoms with Gasteiger partial charge in [-0.25, -0.2) is 0 Å². The highest BCUT2D eigenvalue weighted by atomic mass is 32.2. The maximum absolute atomic E-state index is 12.6. The molecule has 156 valence electrons. The van der Waals surface area contributed by atoms with Gasteiger partial charge in [-0.1, -0.05) is 91.1 Å². The normalized spacial score (nSPS) is 15.5. The summed E-state index contributed by atoms with van der Waals surface area (Å²) in [6.07, 6.45) is 8.66. The third kappa shape index (κ3) is 6.32. The molecule has 30 heavy (non-hydrogen) atoms. The van der Waals surface area contributed by atoms with E-state index in [1.807, 2.05) is 42.5 Å². The fraction of sp³-hybridized carbons (Fsp3) is 0.286. The molecule has 0 bridgehead atoms. The molecule has 3 rings (SSSR count). The van der Waals surface area contributed by atoms with Gasteiger partial charge in [-0.15, -0.1) is 10.2 Å². The van der Waals surface area contributed by atoms with Crippen LogP contribution >= 0.6 is 35.3 Å². The summed E-state index contributed by atoms with van der Waals surface area (Å²) in [5.41, 5.74) is 1.05. The number of carbonyl (C=O) groups is 2. The van der Waals surface area contributed by atoms with Gasteiger partial charge in [0.15, 0.2) is 0 Å². The maximum Gasteiger partial charge on any atom is 0.266 e. The minimum absolute atomic E-state index is 0.142. The molecule has 0 saturated carbocycles. The van der Waals surface area contributed by atoms with Crippen molar-refractivity contribution in [3.05, 3.63) is 58.0 Å². The van der Waals surface area contributed by atoms with Crippen LogP contribution in [0.4, 0.5) is 5.13 Å². The van der Waals surface area contributed by atoms with E-state index in [9.17, 15) is 9.59 Å². The molecule has 0 unspecified atom stereocenters. The first-order valence-electron chi connectivity index (χ1n) is 9.66. The largest absolute Gasteiger partial charge is 0.300 e. The molecule has 1 saturated heterocycles. The van der Waals surface area contributed by atoms with Crippen molar-refractivity contribution < 1.29 is 9.59 Å². The number of nitrogens with zero attached hydrogens (tertiary/aromatic N) is 3. The topological polar surface area (TPSA) is 75.2 Å². The number of rotatable bonds is 9. The summed E-state index contributed by atoms with van der Waals surface area (Å²) in [7, 11) is 0. The zero-order chi connectivity index (χ0) is 21.3. The molecule has 1 fully saturated rings. The highest BCUT2D eigenvalue weighted by Gasteiger charge is 2.31. The van der Waals surface area contributed by atoms with Gasteiger partial charge in [0, 0.05) is 19.4 Å². The molecule has 2 aromatic rings. The lowest BCUT2D eigenvalue weighted by Crippen LogP contribution is -2.31. The number of aryl methyl sites for hydroxylation is 1. The molecular weight excluding hydrogens is 436 g/mol. The molecule has 1 aliphatic heterocycles. The Labute approximate surface area is 189 Å². The number of benzene rings is 1. The highest BCUT2D eigenvalue weighted by Crippen LogP contribution is 2.31. The Balaban J connectivity index is 1.50. The lowest BCUT2D eigenvalue weighted by atomic mass is 10.2. The smallest absolute Gasteiger partial charge is 0.266 e. The van der Waals surface area contributed by atoms with Crippen LogP contribution in [-0.2, 0) is 16.0 Å². The number of amides is 2. The number of thioether (sulfide) groups is 1. The number of carbonyl (C=O) groups excluding carboxylic acids is 2. The number of allylic oxidation sites excluding steroid dienone is 2. The van der Waals surface area contributed by atoms with Crippen molar-refractivity contribution in [1.29, 1.82) is 0 Å². The van der Waals surface area contributed by atoms with E-state index in [0.29, 0.717) is 14.4 Å². The van der Waals surface area contributed by atoms with Crippen molar-refractivity contribution >= 4 is 62.7 Å². The number of unbranched alkanes of at least 4 members (excludes halogenated alkanes) is 1. The molecule has 0 atom stereocenters. The van der Waals surface area contributed by atoms with Gasteiger partial charge < -0.3 is 5.32 Å². The van der Waals surface area contributed by atoms with E-state index in [2.05, 4.69) is 22.4 Å². The zero-order valence-corrected chi connectivity index (χ0v) is 19.0. The molecule has 0 radical (unpaired) electrons. The number of hydrogen-bond donors (Lipinski definition) is 1. The molecule has 1 aromatic heterocycles. The van der Waals surface area contributed by atoms with E-state index in [-0.39, 0.29) is 24.8 Å². The second-order valence-electron chi connectivity index (χ2n) is 6.53. The monoisotopic (exact) mass is 458 g/mol. The van der Waals surface area contributed by atoms with E-state index >= 15 is 0 Å². The van der Waals surface area contributed by atoms with Gasteiger partial charge in [-0.3, -0.25) is 14.5 Å². The van der Waals surface area contributed by atoms with Crippen molar-refractivity contribution in [2.75, 3.05) is 11.9 Å². The van der Waals surface area contributed by atoms with Crippen LogP contribution in [0, 0.1) is 0 Å². The van der Waals surface area contributed by atoms with Gasteiger partial charge in [0.05, 0.1) is 4.91 Å². The molecule has 0 aliphatic carbocycles.